The number of aryl methyl sites for hydroxylation is 2. The van der Waals surface area contributed by atoms with Crippen LogP contribution in [0.1, 0.15) is 38.5 Å². The van der Waals surface area contributed by atoms with Crippen molar-refractivity contribution < 1.29 is 10.0 Å². The summed E-state index contributed by atoms with van der Waals surface area (Å²) in [5, 5.41) is 12.0. The van der Waals surface area contributed by atoms with Crippen LogP contribution in [-0.4, -0.2) is 27.6 Å². The van der Waals surface area contributed by atoms with Gasteiger partial charge in [0.25, 0.3) is 5.91 Å². The highest BCUT2D eigenvalue weighted by atomic mass is 16.5. The molecule has 0 saturated heterocycles. The lowest BCUT2D eigenvalue weighted by atomic mass is 9.88. The number of carbonyl (C=O) groups is 1. The van der Waals surface area contributed by atoms with Gasteiger partial charge in [-0.15, -0.1) is 0 Å². The van der Waals surface area contributed by atoms with Crippen LogP contribution in [0.25, 0.3) is 0 Å². The van der Waals surface area contributed by atoms with Crippen molar-refractivity contribution in [2.24, 2.45) is 0 Å². The van der Waals surface area contributed by atoms with E-state index < -0.39 is 5.91 Å². The molecule has 1 heterocycles. The third kappa shape index (κ3) is 3.52. The van der Waals surface area contributed by atoms with Crippen molar-refractivity contribution >= 4 is 11.9 Å². The van der Waals surface area contributed by atoms with Crippen LogP contribution >= 0.6 is 0 Å². The van der Waals surface area contributed by atoms with Crippen LogP contribution in [0.2, 0.25) is 0 Å². The maximum atomic E-state index is 11.4. The lowest BCUT2D eigenvalue weighted by Crippen LogP contribution is -2.20. The summed E-state index contributed by atoms with van der Waals surface area (Å²) in [6.45, 7) is 0.652. The first-order valence-corrected chi connectivity index (χ1v) is 8.92. The Kier molecular flexibility index (Phi) is 4.80. The zero-order chi connectivity index (χ0) is 18.6. The Bertz CT molecular complexity index is 909. The molecule has 3 aromatic rings. The van der Waals surface area contributed by atoms with Crippen LogP contribution in [-0.2, 0) is 12.8 Å². The Balaban J connectivity index is 1.60. The van der Waals surface area contributed by atoms with E-state index in [1.807, 2.05) is 0 Å². The summed E-state index contributed by atoms with van der Waals surface area (Å²) in [4.78, 5) is 19.7. The third-order valence-electron chi connectivity index (χ3n) is 5.00. The van der Waals surface area contributed by atoms with Crippen LogP contribution in [0.15, 0.2) is 60.9 Å². The largest absolute Gasteiger partial charge is 0.353 e. The van der Waals surface area contributed by atoms with Gasteiger partial charge in [0.15, 0.2) is 0 Å². The van der Waals surface area contributed by atoms with Crippen molar-refractivity contribution in [3.05, 3.63) is 88.7 Å². The Labute approximate surface area is 157 Å². The number of aromatic nitrogens is 2. The smallest absolute Gasteiger partial charge is 0.277 e. The van der Waals surface area contributed by atoms with Gasteiger partial charge in [0.05, 0.1) is 5.56 Å². The molecule has 0 fully saturated rings. The van der Waals surface area contributed by atoms with Crippen LogP contribution < -0.4 is 10.8 Å². The number of rotatable bonds is 4. The first kappa shape index (κ1) is 17.2. The van der Waals surface area contributed by atoms with Crippen molar-refractivity contribution in [2.75, 3.05) is 11.9 Å². The molecular weight excluding hydrogens is 340 g/mol. The van der Waals surface area contributed by atoms with E-state index in [0.29, 0.717) is 12.5 Å². The zero-order valence-corrected chi connectivity index (χ0v) is 14.7. The fourth-order valence-corrected chi connectivity index (χ4v) is 3.65. The molecule has 2 aromatic carbocycles. The second-order valence-corrected chi connectivity index (χ2v) is 6.57. The van der Waals surface area contributed by atoms with Gasteiger partial charge < -0.3 is 5.32 Å². The fourth-order valence-electron chi connectivity index (χ4n) is 3.65. The van der Waals surface area contributed by atoms with E-state index in [0.717, 1.165) is 12.8 Å². The molecule has 0 unspecified atom stereocenters. The molecular formula is C21H20N4O2. The average molecular weight is 360 g/mol. The van der Waals surface area contributed by atoms with Gasteiger partial charge in [-0.1, -0.05) is 48.5 Å². The number of anilines is 1. The third-order valence-corrected chi connectivity index (χ3v) is 5.00. The van der Waals surface area contributed by atoms with Crippen LogP contribution in [0.4, 0.5) is 5.95 Å². The van der Waals surface area contributed by atoms with Crippen LogP contribution in [0.5, 0.6) is 0 Å². The maximum Gasteiger partial charge on any atom is 0.277 e. The van der Waals surface area contributed by atoms with Gasteiger partial charge in [0.1, 0.15) is 0 Å². The quantitative estimate of drug-likeness (QED) is 0.492. The van der Waals surface area contributed by atoms with Crippen LogP contribution in [0, 0.1) is 0 Å². The van der Waals surface area contributed by atoms with Crippen molar-refractivity contribution in [3.63, 3.8) is 0 Å². The van der Waals surface area contributed by atoms with E-state index >= 15 is 0 Å². The summed E-state index contributed by atoms with van der Waals surface area (Å²) in [6, 6.07) is 17.1. The number of fused-ring (bicyclic) bond motifs is 2. The van der Waals surface area contributed by atoms with E-state index in [1.54, 1.807) is 5.48 Å². The topological polar surface area (TPSA) is 87.1 Å². The number of amides is 1. The summed E-state index contributed by atoms with van der Waals surface area (Å²) in [7, 11) is 0. The molecule has 6 nitrogen and oxygen atoms in total. The molecule has 0 radical (unpaired) electrons. The summed E-state index contributed by atoms with van der Waals surface area (Å²) < 4.78 is 0. The molecule has 27 heavy (non-hydrogen) atoms. The first-order chi connectivity index (χ1) is 13.3. The number of nitrogens with zero attached hydrogens (tertiary/aromatic N) is 2. The van der Waals surface area contributed by atoms with Gasteiger partial charge in [-0.05, 0) is 35.1 Å². The molecule has 0 aliphatic heterocycles. The number of hydroxylamine groups is 1. The monoisotopic (exact) mass is 360 g/mol. The maximum absolute atomic E-state index is 11.4. The highest BCUT2D eigenvalue weighted by Crippen LogP contribution is 2.34. The van der Waals surface area contributed by atoms with Gasteiger partial charge in [0.2, 0.25) is 5.95 Å². The molecule has 1 aliphatic rings. The van der Waals surface area contributed by atoms with E-state index in [9.17, 15) is 4.79 Å². The van der Waals surface area contributed by atoms with Crippen molar-refractivity contribution in [3.8, 4) is 0 Å². The van der Waals surface area contributed by atoms with Crippen molar-refractivity contribution in [2.45, 2.75) is 18.8 Å². The number of benzene rings is 2. The second kappa shape index (κ2) is 7.55. The fraction of sp³-hybridized carbons (Fsp3) is 0.190. The SMILES string of the molecule is O=C(NO)c1cnc(NCC2c3ccccc3CCc3ccccc32)nc1. The lowest BCUT2D eigenvalue weighted by Gasteiger charge is -2.21. The van der Waals surface area contributed by atoms with Crippen LogP contribution in [0.3, 0.4) is 0 Å². The molecule has 1 amide bonds. The van der Waals surface area contributed by atoms with E-state index in [2.05, 4.69) is 63.8 Å². The highest BCUT2D eigenvalue weighted by molar-refractivity contribution is 5.92. The average Bonchev–Trinajstić information content (AvgIpc) is 2.89. The standard InChI is InChI=1S/C21H20N4O2/c26-20(25-27)16-11-22-21(23-12-16)24-13-19-17-7-3-1-5-14(17)9-10-15-6-2-4-8-18(15)19/h1-8,11-12,19,27H,9-10,13H2,(H,25,26)(H,22,23,24). The number of hydrogen-bond donors (Lipinski definition) is 3. The Morgan fingerprint density at radius 2 is 1.52 bits per heavy atom. The van der Waals surface area contributed by atoms with E-state index in [1.165, 1.54) is 34.6 Å². The molecule has 1 aromatic heterocycles. The van der Waals surface area contributed by atoms with Gasteiger partial charge in [-0.3, -0.25) is 10.0 Å². The van der Waals surface area contributed by atoms with Crippen molar-refractivity contribution in [1.29, 1.82) is 0 Å². The zero-order valence-electron chi connectivity index (χ0n) is 14.7. The van der Waals surface area contributed by atoms with Gasteiger partial charge >= 0.3 is 0 Å². The Morgan fingerprint density at radius 3 is 2.07 bits per heavy atom. The molecule has 0 bridgehead atoms. The summed E-state index contributed by atoms with van der Waals surface area (Å²) >= 11 is 0. The van der Waals surface area contributed by atoms with Gasteiger partial charge in [0, 0.05) is 24.9 Å². The number of hydrogen-bond acceptors (Lipinski definition) is 5. The minimum Gasteiger partial charge on any atom is -0.353 e. The molecule has 1 aliphatic carbocycles. The summed E-state index contributed by atoms with van der Waals surface area (Å²) in [6.07, 6.45) is 4.84. The van der Waals surface area contributed by atoms with Crippen molar-refractivity contribution in [1.82, 2.24) is 15.4 Å². The number of nitrogens with one attached hydrogen (secondary N) is 2. The molecule has 0 spiro atoms. The molecule has 6 heteroatoms. The number of carbonyl (C=O) groups excluding carboxylic acids is 1. The second-order valence-electron chi connectivity index (χ2n) is 6.57. The summed E-state index contributed by atoms with van der Waals surface area (Å²) in [5.74, 6) is 0.0146. The first-order valence-electron chi connectivity index (χ1n) is 8.92. The molecule has 136 valence electrons. The lowest BCUT2D eigenvalue weighted by molar-refractivity contribution is 0.0705. The Hall–Kier alpha value is -3.25. The van der Waals surface area contributed by atoms with Gasteiger partial charge in [-0.2, -0.15) is 0 Å². The molecule has 0 saturated carbocycles. The molecule has 0 atom stereocenters. The molecule has 3 N–H and O–H groups in total. The predicted octanol–water partition coefficient (Wildman–Crippen LogP) is 2.94. The molecule has 4 rings (SSSR count). The minimum absolute atomic E-state index is 0.198. The predicted molar refractivity (Wildman–Crippen MR) is 102 cm³/mol. The van der Waals surface area contributed by atoms with Gasteiger partial charge in [-0.25, -0.2) is 15.4 Å². The normalized spacial score (nSPS) is 13.2. The van der Waals surface area contributed by atoms with E-state index in [4.69, 9.17) is 5.21 Å². The van der Waals surface area contributed by atoms with E-state index in [-0.39, 0.29) is 11.5 Å². The highest BCUT2D eigenvalue weighted by Gasteiger charge is 2.23. The Morgan fingerprint density at radius 1 is 0.963 bits per heavy atom. The summed E-state index contributed by atoms with van der Waals surface area (Å²) in [5.41, 5.74) is 7.17. The minimum atomic E-state index is -0.631.